The molecule has 0 aliphatic heterocycles. The van der Waals surface area contributed by atoms with E-state index in [1.54, 1.807) is 32.9 Å². The second-order valence-electron chi connectivity index (χ2n) is 10.7. The van der Waals surface area contributed by atoms with Gasteiger partial charge >= 0.3 is 6.09 Å². The van der Waals surface area contributed by atoms with E-state index in [9.17, 15) is 24.6 Å². The van der Waals surface area contributed by atoms with Crippen LogP contribution in [0.1, 0.15) is 56.8 Å². The van der Waals surface area contributed by atoms with Gasteiger partial charge in [0, 0.05) is 11.7 Å². The predicted molar refractivity (Wildman–Crippen MR) is 140 cm³/mol. The van der Waals surface area contributed by atoms with Crippen LogP contribution < -0.4 is 10.6 Å². The SMILES string of the molecule is Cc1cccc(C)c1NC(=O)C(c1ccc(O)cc1)N(C(=O)C(CO)NC(=O)OC(C)(C)C)C1CC1C. The fourth-order valence-electron chi connectivity index (χ4n) is 4.29. The van der Waals surface area contributed by atoms with Crippen LogP contribution in [0.25, 0.3) is 0 Å². The number of aliphatic hydroxyl groups is 1. The van der Waals surface area contributed by atoms with Gasteiger partial charge in [0.1, 0.15) is 23.4 Å². The fraction of sp³-hybridized carbons (Fsp3) is 0.464. The largest absolute Gasteiger partial charge is 0.508 e. The molecule has 2 aromatic carbocycles. The molecule has 0 radical (unpaired) electrons. The molecule has 1 fully saturated rings. The Hall–Kier alpha value is -3.59. The normalized spacial score (nSPS) is 18.4. The van der Waals surface area contributed by atoms with Crippen molar-refractivity contribution in [3.63, 3.8) is 0 Å². The molecule has 2 aromatic rings. The molecule has 1 aliphatic carbocycles. The predicted octanol–water partition coefficient (Wildman–Crippen LogP) is 3.81. The summed E-state index contributed by atoms with van der Waals surface area (Å²) >= 11 is 0. The highest BCUT2D eigenvalue weighted by Gasteiger charge is 2.48. The number of aromatic hydroxyl groups is 1. The Morgan fingerprint density at radius 1 is 1.08 bits per heavy atom. The lowest BCUT2D eigenvalue weighted by Gasteiger charge is -2.34. The maximum Gasteiger partial charge on any atom is 0.408 e. The molecular weight excluding hydrogens is 474 g/mol. The standard InChI is InChI=1S/C28H37N3O6/c1-16-8-7-9-17(2)23(16)30-25(34)24(19-10-12-20(33)13-11-19)31(22-14-18(22)3)26(35)21(15-32)29-27(36)37-28(4,5)6/h7-13,18,21-22,24,32-33H,14-15H2,1-6H3,(H,29,36)(H,30,34). The molecular formula is C28H37N3O6. The number of nitrogens with one attached hydrogen (secondary N) is 2. The van der Waals surface area contributed by atoms with Crippen LogP contribution in [0.3, 0.4) is 0 Å². The highest BCUT2D eigenvalue weighted by atomic mass is 16.6. The third-order valence-corrected chi connectivity index (χ3v) is 6.32. The van der Waals surface area contributed by atoms with Gasteiger partial charge in [0.2, 0.25) is 5.91 Å². The topological polar surface area (TPSA) is 128 Å². The molecule has 0 spiro atoms. The number of carbonyl (C=O) groups excluding carboxylic acids is 3. The number of benzene rings is 2. The molecule has 3 rings (SSSR count). The number of nitrogens with zero attached hydrogens (tertiary/aromatic N) is 1. The molecule has 37 heavy (non-hydrogen) atoms. The molecule has 0 bridgehead atoms. The Bertz CT molecular complexity index is 1120. The molecule has 1 aliphatic rings. The zero-order valence-electron chi connectivity index (χ0n) is 22.2. The van der Waals surface area contributed by atoms with Gasteiger partial charge in [-0.1, -0.05) is 37.3 Å². The monoisotopic (exact) mass is 511 g/mol. The zero-order chi connectivity index (χ0) is 27.5. The number of alkyl carbamates (subject to hydrolysis) is 1. The molecule has 0 aromatic heterocycles. The Labute approximate surface area is 217 Å². The van der Waals surface area contributed by atoms with E-state index in [2.05, 4.69) is 10.6 Å². The van der Waals surface area contributed by atoms with E-state index < -0.39 is 42.2 Å². The van der Waals surface area contributed by atoms with Gasteiger partial charge in [0.05, 0.1) is 6.61 Å². The van der Waals surface area contributed by atoms with E-state index in [0.29, 0.717) is 17.7 Å². The Kier molecular flexibility index (Phi) is 8.48. The summed E-state index contributed by atoms with van der Waals surface area (Å²) in [5.41, 5.74) is 2.09. The molecule has 200 valence electrons. The first-order chi connectivity index (χ1) is 17.3. The molecule has 0 heterocycles. The molecule has 3 amide bonds. The number of anilines is 1. The average molecular weight is 512 g/mol. The van der Waals surface area contributed by atoms with Crippen LogP contribution in [0.2, 0.25) is 0 Å². The van der Waals surface area contributed by atoms with E-state index in [4.69, 9.17) is 4.74 Å². The number of aliphatic hydroxyl groups excluding tert-OH is 1. The summed E-state index contributed by atoms with van der Waals surface area (Å²) in [6.07, 6.45) is -0.174. The third kappa shape index (κ3) is 7.01. The lowest BCUT2D eigenvalue weighted by atomic mass is 10.0. The van der Waals surface area contributed by atoms with E-state index in [1.165, 1.54) is 17.0 Å². The van der Waals surface area contributed by atoms with Gasteiger partial charge in [-0.05, 0) is 75.8 Å². The van der Waals surface area contributed by atoms with Gasteiger partial charge in [0.15, 0.2) is 0 Å². The quantitative estimate of drug-likeness (QED) is 0.427. The lowest BCUT2D eigenvalue weighted by molar-refractivity contribution is -0.142. The van der Waals surface area contributed by atoms with Crippen LogP contribution in [0.5, 0.6) is 5.75 Å². The van der Waals surface area contributed by atoms with Crippen LogP contribution in [-0.4, -0.2) is 57.3 Å². The van der Waals surface area contributed by atoms with Crippen LogP contribution in [0.15, 0.2) is 42.5 Å². The summed E-state index contributed by atoms with van der Waals surface area (Å²) in [6.45, 7) is 10.2. The number of phenols is 1. The molecule has 0 saturated heterocycles. The summed E-state index contributed by atoms with van der Waals surface area (Å²) in [6, 6.07) is 9.10. The van der Waals surface area contributed by atoms with Crippen molar-refractivity contribution in [2.24, 2.45) is 5.92 Å². The number of phenolic OH excluding ortho intramolecular Hbond substituents is 1. The Morgan fingerprint density at radius 2 is 1.65 bits per heavy atom. The zero-order valence-corrected chi connectivity index (χ0v) is 22.2. The van der Waals surface area contributed by atoms with E-state index in [1.807, 2.05) is 39.0 Å². The van der Waals surface area contributed by atoms with Gasteiger partial charge in [-0.25, -0.2) is 4.79 Å². The number of ether oxygens (including phenoxy) is 1. The van der Waals surface area contributed by atoms with Crippen molar-refractivity contribution in [2.45, 2.75) is 71.7 Å². The van der Waals surface area contributed by atoms with Gasteiger partial charge in [-0.15, -0.1) is 0 Å². The van der Waals surface area contributed by atoms with Crippen molar-refractivity contribution in [1.29, 1.82) is 0 Å². The Morgan fingerprint density at radius 3 is 2.14 bits per heavy atom. The second kappa shape index (κ2) is 11.2. The number of aryl methyl sites for hydroxylation is 2. The number of carbonyl (C=O) groups is 3. The van der Waals surface area contributed by atoms with Gasteiger partial charge in [0.25, 0.3) is 5.91 Å². The van der Waals surface area contributed by atoms with E-state index in [-0.39, 0.29) is 17.7 Å². The fourth-order valence-corrected chi connectivity index (χ4v) is 4.29. The maximum absolute atomic E-state index is 13.9. The highest BCUT2D eigenvalue weighted by molar-refractivity contribution is 6.00. The highest BCUT2D eigenvalue weighted by Crippen LogP contribution is 2.41. The number of amides is 3. The molecule has 9 nitrogen and oxygen atoms in total. The second-order valence-corrected chi connectivity index (χ2v) is 10.7. The molecule has 4 atom stereocenters. The summed E-state index contributed by atoms with van der Waals surface area (Å²) in [5, 5.41) is 25.3. The first kappa shape index (κ1) is 28.0. The maximum atomic E-state index is 13.9. The van der Waals surface area contributed by atoms with Gasteiger partial charge in [-0.2, -0.15) is 0 Å². The molecule has 4 unspecified atom stereocenters. The van der Waals surface area contributed by atoms with Crippen LogP contribution in [-0.2, 0) is 14.3 Å². The minimum Gasteiger partial charge on any atom is -0.508 e. The Balaban J connectivity index is 2.00. The third-order valence-electron chi connectivity index (χ3n) is 6.32. The first-order valence-corrected chi connectivity index (χ1v) is 12.4. The van der Waals surface area contributed by atoms with Crippen molar-refractivity contribution in [3.8, 4) is 5.75 Å². The average Bonchev–Trinajstić information content (AvgIpc) is 3.53. The van der Waals surface area contributed by atoms with Crippen molar-refractivity contribution in [3.05, 3.63) is 59.2 Å². The molecule has 4 N–H and O–H groups in total. The first-order valence-electron chi connectivity index (χ1n) is 12.4. The lowest BCUT2D eigenvalue weighted by Crippen LogP contribution is -2.54. The minimum absolute atomic E-state index is 0.0233. The van der Waals surface area contributed by atoms with Crippen LogP contribution in [0, 0.1) is 19.8 Å². The van der Waals surface area contributed by atoms with E-state index in [0.717, 1.165) is 11.1 Å². The number of hydrogen-bond donors (Lipinski definition) is 4. The minimum atomic E-state index is -1.31. The van der Waals surface area contributed by atoms with Crippen molar-refractivity contribution >= 4 is 23.6 Å². The number of hydrogen-bond acceptors (Lipinski definition) is 6. The summed E-state index contributed by atoms with van der Waals surface area (Å²) in [5.74, 6) is -0.894. The van der Waals surface area contributed by atoms with Crippen molar-refractivity contribution in [1.82, 2.24) is 10.2 Å². The van der Waals surface area contributed by atoms with Crippen LogP contribution >= 0.6 is 0 Å². The van der Waals surface area contributed by atoms with Gasteiger partial charge < -0.3 is 30.5 Å². The summed E-state index contributed by atoms with van der Waals surface area (Å²) < 4.78 is 5.27. The van der Waals surface area contributed by atoms with E-state index >= 15 is 0 Å². The summed E-state index contributed by atoms with van der Waals surface area (Å²) in [4.78, 5) is 41.6. The molecule has 1 saturated carbocycles. The number of para-hydroxylation sites is 1. The summed E-state index contributed by atoms with van der Waals surface area (Å²) in [7, 11) is 0. The number of rotatable bonds is 8. The smallest absolute Gasteiger partial charge is 0.408 e. The van der Waals surface area contributed by atoms with Gasteiger partial charge in [-0.3, -0.25) is 9.59 Å². The molecule has 9 heteroatoms. The van der Waals surface area contributed by atoms with Crippen molar-refractivity contribution < 1.29 is 29.3 Å². The van der Waals surface area contributed by atoms with Crippen LogP contribution in [0.4, 0.5) is 10.5 Å². The van der Waals surface area contributed by atoms with Crippen molar-refractivity contribution in [2.75, 3.05) is 11.9 Å².